The van der Waals surface area contributed by atoms with Crippen molar-refractivity contribution in [3.63, 3.8) is 0 Å². The van der Waals surface area contributed by atoms with Crippen molar-refractivity contribution >= 4 is 39.2 Å². The Balaban J connectivity index is 1.84. The fraction of sp³-hybridized carbons (Fsp3) is 0.214. The highest BCUT2D eigenvalue weighted by Gasteiger charge is 2.12. The number of furan rings is 1. The molecule has 2 aromatic rings. The molecule has 2 rings (SSSR count). The second kappa shape index (κ2) is 7.08. The van der Waals surface area contributed by atoms with E-state index in [0.29, 0.717) is 10.4 Å². The van der Waals surface area contributed by atoms with E-state index in [2.05, 4.69) is 31.5 Å². The van der Waals surface area contributed by atoms with Crippen LogP contribution < -0.4 is 15.5 Å². The van der Waals surface area contributed by atoms with E-state index in [1.165, 1.54) is 6.07 Å². The molecule has 0 aliphatic rings. The molecule has 0 radical (unpaired) electrons. The molecule has 0 atom stereocenters. The maximum atomic E-state index is 11.8. The number of amides is 2. The lowest BCUT2D eigenvalue weighted by Crippen LogP contribution is -2.32. The minimum absolute atomic E-state index is 0.136. The molecule has 2 amide bonds. The molecule has 2 N–H and O–H groups in total. The van der Waals surface area contributed by atoms with Gasteiger partial charge < -0.3 is 20.0 Å². The van der Waals surface area contributed by atoms with E-state index in [1.54, 1.807) is 24.4 Å². The summed E-state index contributed by atoms with van der Waals surface area (Å²) in [6.07, 6.45) is 1.55. The summed E-state index contributed by atoms with van der Waals surface area (Å²) in [6, 6.07) is 6.65. The van der Waals surface area contributed by atoms with Crippen molar-refractivity contribution < 1.29 is 14.0 Å². The van der Waals surface area contributed by atoms with Crippen LogP contribution in [-0.4, -0.2) is 37.4 Å². The Morgan fingerprint density at radius 2 is 2.05 bits per heavy atom. The number of rotatable bonds is 5. The third kappa shape index (κ3) is 4.32. The largest absolute Gasteiger partial charge is 0.444 e. The SMILES string of the molecule is CN(C)c1ccc(NC(=O)CNC(=O)c2ccc(Br)o2)cn1. The number of anilines is 2. The first-order valence-corrected chi connectivity index (χ1v) is 7.22. The summed E-state index contributed by atoms with van der Waals surface area (Å²) in [5.41, 5.74) is 0.561. The van der Waals surface area contributed by atoms with E-state index < -0.39 is 5.91 Å². The van der Waals surface area contributed by atoms with Gasteiger partial charge >= 0.3 is 0 Å². The second-order valence-electron chi connectivity index (χ2n) is 4.63. The molecule has 0 saturated heterocycles. The number of carbonyl (C=O) groups excluding carboxylic acids is 2. The number of aromatic nitrogens is 1. The molecule has 0 bridgehead atoms. The standard InChI is InChI=1S/C14H15BrN4O3/c1-19(2)12-6-3-9(7-16-12)18-13(20)8-17-14(21)10-4-5-11(15)22-10/h3-7H,8H2,1-2H3,(H,17,21)(H,18,20). The summed E-state index contributed by atoms with van der Waals surface area (Å²) in [5, 5.41) is 5.11. The molecule has 0 aliphatic heterocycles. The van der Waals surface area contributed by atoms with E-state index in [1.807, 2.05) is 19.0 Å². The van der Waals surface area contributed by atoms with E-state index in [0.717, 1.165) is 5.82 Å². The number of nitrogens with one attached hydrogen (secondary N) is 2. The monoisotopic (exact) mass is 366 g/mol. The predicted molar refractivity (Wildman–Crippen MR) is 85.9 cm³/mol. The summed E-state index contributed by atoms with van der Waals surface area (Å²) < 4.78 is 5.54. The van der Waals surface area contributed by atoms with Gasteiger partial charge in [-0.05, 0) is 40.2 Å². The summed E-state index contributed by atoms with van der Waals surface area (Å²) >= 11 is 3.10. The number of halogens is 1. The van der Waals surface area contributed by atoms with Gasteiger partial charge in [-0.2, -0.15) is 0 Å². The molecule has 0 aliphatic carbocycles. The third-order valence-corrected chi connectivity index (χ3v) is 3.12. The van der Waals surface area contributed by atoms with Crippen molar-refractivity contribution in [2.24, 2.45) is 0 Å². The summed E-state index contributed by atoms with van der Waals surface area (Å²) in [7, 11) is 3.76. The van der Waals surface area contributed by atoms with Gasteiger partial charge in [0.2, 0.25) is 5.91 Å². The average Bonchev–Trinajstić information content (AvgIpc) is 2.92. The third-order valence-electron chi connectivity index (χ3n) is 2.70. The molecule has 0 fully saturated rings. The van der Waals surface area contributed by atoms with Crippen LogP contribution in [0.5, 0.6) is 0 Å². The van der Waals surface area contributed by atoms with Crippen LogP contribution in [0.2, 0.25) is 0 Å². The number of hydrogen-bond donors (Lipinski definition) is 2. The Morgan fingerprint density at radius 1 is 1.27 bits per heavy atom. The topological polar surface area (TPSA) is 87.5 Å². The van der Waals surface area contributed by atoms with Crippen LogP contribution in [0.25, 0.3) is 0 Å². The van der Waals surface area contributed by atoms with Crippen LogP contribution >= 0.6 is 15.9 Å². The van der Waals surface area contributed by atoms with Gasteiger partial charge in [0.15, 0.2) is 10.4 Å². The van der Waals surface area contributed by atoms with E-state index in [9.17, 15) is 9.59 Å². The zero-order valence-corrected chi connectivity index (χ0v) is 13.7. The Bertz CT molecular complexity index is 667. The molecular formula is C14H15BrN4O3. The van der Waals surface area contributed by atoms with Crippen molar-refractivity contribution in [2.45, 2.75) is 0 Å². The van der Waals surface area contributed by atoms with Crippen molar-refractivity contribution in [3.05, 3.63) is 40.9 Å². The zero-order chi connectivity index (χ0) is 16.1. The quantitative estimate of drug-likeness (QED) is 0.843. The van der Waals surface area contributed by atoms with E-state index in [4.69, 9.17) is 4.42 Å². The Labute approximate surface area is 135 Å². The first-order chi connectivity index (χ1) is 10.5. The van der Waals surface area contributed by atoms with Gasteiger partial charge in [-0.15, -0.1) is 0 Å². The van der Waals surface area contributed by atoms with Crippen molar-refractivity contribution in [1.29, 1.82) is 0 Å². The van der Waals surface area contributed by atoms with Crippen LogP contribution in [-0.2, 0) is 4.79 Å². The molecule has 0 aromatic carbocycles. The van der Waals surface area contributed by atoms with Gasteiger partial charge in [-0.25, -0.2) is 4.98 Å². The maximum absolute atomic E-state index is 11.8. The summed E-state index contributed by atoms with van der Waals surface area (Å²) in [5.74, 6) is 0.117. The van der Waals surface area contributed by atoms with Crippen molar-refractivity contribution in [3.8, 4) is 0 Å². The lowest BCUT2D eigenvalue weighted by Gasteiger charge is -2.11. The molecule has 7 nitrogen and oxygen atoms in total. The second-order valence-corrected chi connectivity index (χ2v) is 5.42. The fourth-order valence-electron chi connectivity index (χ4n) is 1.61. The normalized spacial score (nSPS) is 10.1. The van der Waals surface area contributed by atoms with Crippen LogP contribution in [0.4, 0.5) is 11.5 Å². The van der Waals surface area contributed by atoms with Crippen LogP contribution in [0, 0.1) is 0 Å². The minimum atomic E-state index is -0.457. The number of pyridine rings is 1. The van der Waals surface area contributed by atoms with Gasteiger partial charge in [0.25, 0.3) is 5.91 Å². The van der Waals surface area contributed by atoms with Crippen LogP contribution in [0.15, 0.2) is 39.5 Å². The molecule has 0 spiro atoms. The lowest BCUT2D eigenvalue weighted by molar-refractivity contribution is -0.115. The molecule has 0 unspecified atom stereocenters. The molecular weight excluding hydrogens is 352 g/mol. The minimum Gasteiger partial charge on any atom is -0.444 e. The highest BCUT2D eigenvalue weighted by Crippen LogP contribution is 2.14. The van der Waals surface area contributed by atoms with Crippen LogP contribution in [0.1, 0.15) is 10.6 Å². The molecule has 116 valence electrons. The first-order valence-electron chi connectivity index (χ1n) is 6.42. The highest BCUT2D eigenvalue weighted by atomic mass is 79.9. The van der Waals surface area contributed by atoms with E-state index >= 15 is 0 Å². The van der Waals surface area contributed by atoms with E-state index in [-0.39, 0.29) is 18.2 Å². The molecule has 8 heteroatoms. The Kier molecular flexibility index (Phi) is 5.16. The Morgan fingerprint density at radius 3 is 2.59 bits per heavy atom. The molecule has 22 heavy (non-hydrogen) atoms. The summed E-state index contributed by atoms with van der Waals surface area (Å²) in [4.78, 5) is 29.5. The lowest BCUT2D eigenvalue weighted by atomic mass is 10.3. The van der Waals surface area contributed by atoms with Gasteiger partial charge in [0.1, 0.15) is 5.82 Å². The molecule has 2 aromatic heterocycles. The van der Waals surface area contributed by atoms with Gasteiger partial charge in [0, 0.05) is 14.1 Å². The molecule has 2 heterocycles. The number of hydrogen-bond acceptors (Lipinski definition) is 5. The van der Waals surface area contributed by atoms with Crippen LogP contribution in [0.3, 0.4) is 0 Å². The van der Waals surface area contributed by atoms with Crippen molar-refractivity contribution in [1.82, 2.24) is 10.3 Å². The Hall–Kier alpha value is -2.35. The fourth-order valence-corrected chi connectivity index (χ4v) is 1.92. The molecule has 0 saturated carbocycles. The van der Waals surface area contributed by atoms with Gasteiger partial charge in [0.05, 0.1) is 18.4 Å². The predicted octanol–water partition coefficient (Wildman–Crippen LogP) is 1.87. The van der Waals surface area contributed by atoms with Crippen molar-refractivity contribution in [2.75, 3.05) is 30.9 Å². The van der Waals surface area contributed by atoms with Gasteiger partial charge in [-0.1, -0.05) is 0 Å². The zero-order valence-electron chi connectivity index (χ0n) is 12.1. The highest BCUT2D eigenvalue weighted by molar-refractivity contribution is 9.10. The number of carbonyl (C=O) groups is 2. The smallest absolute Gasteiger partial charge is 0.287 e. The van der Waals surface area contributed by atoms with Gasteiger partial charge in [-0.3, -0.25) is 9.59 Å². The average molecular weight is 367 g/mol. The summed E-state index contributed by atoms with van der Waals surface area (Å²) in [6.45, 7) is -0.160. The maximum Gasteiger partial charge on any atom is 0.287 e. The number of nitrogens with zero attached hydrogens (tertiary/aromatic N) is 2. The first kappa shape index (κ1) is 16.0.